The van der Waals surface area contributed by atoms with Gasteiger partial charge < -0.3 is 9.09 Å². The van der Waals surface area contributed by atoms with Crippen molar-refractivity contribution in [3.8, 4) is 0 Å². The summed E-state index contributed by atoms with van der Waals surface area (Å²) >= 11 is 5.80. The van der Waals surface area contributed by atoms with Crippen LogP contribution in [-0.2, 0) is 17.1 Å². The van der Waals surface area contributed by atoms with Gasteiger partial charge >= 0.3 is 0 Å². The summed E-state index contributed by atoms with van der Waals surface area (Å²) in [7, 11) is -2.27. The highest BCUT2D eigenvalue weighted by atomic mass is 35.5. The Hall–Kier alpha value is -1.54. The summed E-state index contributed by atoms with van der Waals surface area (Å²) in [6.45, 7) is 1.68. The fraction of sp³-hybridized carbons (Fsp3) is 0.250. The summed E-state index contributed by atoms with van der Waals surface area (Å²) in [4.78, 5) is 3.71. The van der Waals surface area contributed by atoms with E-state index in [1.807, 2.05) is 0 Å². The Bertz CT molecular complexity index is 646. The Balaban J connectivity index is 2.34. The summed E-state index contributed by atoms with van der Waals surface area (Å²) in [5.41, 5.74) is 0.565. The van der Waals surface area contributed by atoms with Gasteiger partial charge in [-0.3, -0.25) is 0 Å². The third kappa shape index (κ3) is 2.27. The summed E-state index contributed by atoms with van der Waals surface area (Å²) in [6, 6.07) is 1.45. The molecule has 0 unspecified atom stereocenters. The van der Waals surface area contributed by atoms with Crippen LogP contribution in [0.3, 0.4) is 0 Å². The van der Waals surface area contributed by atoms with Gasteiger partial charge in [0.2, 0.25) is 10.9 Å². The number of halogens is 1. The van der Waals surface area contributed by atoms with Crippen molar-refractivity contribution in [3.63, 3.8) is 0 Å². The monoisotopic (exact) mass is 276 g/mol. The molecule has 0 atom stereocenters. The zero-order valence-electron chi connectivity index (χ0n) is 9.01. The lowest BCUT2D eigenvalue weighted by Crippen LogP contribution is -2.13. The van der Waals surface area contributed by atoms with Crippen LogP contribution >= 0.6 is 11.6 Å². The van der Waals surface area contributed by atoms with E-state index in [1.165, 1.54) is 17.0 Å². The maximum absolute atomic E-state index is 11.9. The number of sulfonamides is 1. The summed E-state index contributed by atoms with van der Waals surface area (Å²) < 4.78 is 32.1. The Kier molecular flexibility index (Phi) is 2.84. The number of nitrogens with one attached hydrogen (secondary N) is 1. The second kappa shape index (κ2) is 4.04. The zero-order chi connectivity index (χ0) is 12.6. The molecular weight excluding hydrogens is 268 g/mol. The van der Waals surface area contributed by atoms with E-state index in [-0.39, 0.29) is 16.1 Å². The highest BCUT2D eigenvalue weighted by molar-refractivity contribution is 7.92. The van der Waals surface area contributed by atoms with Crippen molar-refractivity contribution in [1.82, 2.24) is 14.7 Å². The molecule has 0 saturated heterocycles. The lowest BCUT2D eigenvalue weighted by Gasteiger charge is -2.01. The van der Waals surface area contributed by atoms with Crippen molar-refractivity contribution in [2.24, 2.45) is 7.05 Å². The van der Waals surface area contributed by atoms with E-state index < -0.39 is 10.0 Å². The number of nitrogens with zero attached hydrogens (tertiary/aromatic N) is 3. The topological polar surface area (TPSA) is 90.0 Å². The van der Waals surface area contributed by atoms with Gasteiger partial charge in [-0.1, -0.05) is 16.8 Å². The highest BCUT2D eigenvalue weighted by Gasteiger charge is 2.23. The maximum atomic E-state index is 11.9. The van der Waals surface area contributed by atoms with E-state index in [4.69, 9.17) is 16.1 Å². The van der Waals surface area contributed by atoms with Gasteiger partial charge in [0.05, 0.1) is 12.0 Å². The number of aromatic nitrogens is 3. The smallest absolute Gasteiger partial charge is 0.284 e. The van der Waals surface area contributed by atoms with Gasteiger partial charge in [-0.2, -0.15) is 8.42 Å². The molecule has 17 heavy (non-hydrogen) atoms. The van der Waals surface area contributed by atoms with Crippen LogP contribution in [0.15, 0.2) is 21.9 Å². The average molecular weight is 277 g/mol. The number of aryl methyl sites for hydroxylation is 2. The Labute approximate surface area is 102 Å². The molecule has 0 aromatic carbocycles. The van der Waals surface area contributed by atoms with Gasteiger partial charge in [-0.15, -0.1) is 0 Å². The third-order valence-corrected chi connectivity index (χ3v) is 3.79. The van der Waals surface area contributed by atoms with Gasteiger partial charge in [0.25, 0.3) is 10.0 Å². The Morgan fingerprint density at radius 2 is 2.24 bits per heavy atom. The average Bonchev–Trinajstić information content (AvgIpc) is 2.75. The summed E-state index contributed by atoms with van der Waals surface area (Å²) in [6.07, 6.45) is 1.31. The molecule has 2 rings (SSSR count). The van der Waals surface area contributed by atoms with E-state index in [1.54, 1.807) is 14.0 Å². The lowest BCUT2D eigenvalue weighted by atomic mass is 10.5. The first kappa shape index (κ1) is 11.9. The minimum atomic E-state index is -3.86. The van der Waals surface area contributed by atoms with Crippen molar-refractivity contribution in [2.45, 2.75) is 11.9 Å². The van der Waals surface area contributed by atoms with Crippen LogP contribution in [0.2, 0.25) is 5.15 Å². The first-order valence-electron chi connectivity index (χ1n) is 4.53. The van der Waals surface area contributed by atoms with Crippen LogP contribution in [0, 0.1) is 6.92 Å². The standard InChI is InChI=1S/C8H9ClN4O3S/c1-5-3-6(16-11-5)12-17(14,15)8-7(9)13(2)4-10-8/h3-4,12H,1-2H3. The minimum absolute atomic E-state index is 0.0178. The molecule has 2 aromatic rings. The Morgan fingerprint density at radius 3 is 2.71 bits per heavy atom. The maximum Gasteiger partial charge on any atom is 0.284 e. The molecule has 0 bridgehead atoms. The van der Waals surface area contributed by atoms with Crippen molar-refractivity contribution < 1.29 is 12.9 Å². The van der Waals surface area contributed by atoms with Crippen molar-refractivity contribution in [1.29, 1.82) is 0 Å². The molecule has 0 amide bonds. The minimum Gasteiger partial charge on any atom is -0.338 e. The van der Waals surface area contributed by atoms with Gasteiger partial charge in [0.1, 0.15) is 5.15 Å². The van der Waals surface area contributed by atoms with E-state index >= 15 is 0 Å². The molecule has 1 N–H and O–H groups in total. The van der Waals surface area contributed by atoms with Crippen LogP contribution in [0.5, 0.6) is 0 Å². The van der Waals surface area contributed by atoms with Gasteiger partial charge in [0, 0.05) is 13.1 Å². The largest absolute Gasteiger partial charge is 0.338 e. The molecule has 0 radical (unpaired) electrons. The first-order chi connectivity index (χ1) is 7.90. The molecule has 2 aromatic heterocycles. The van der Waals surface area contributed by atoms with Gasteiger partial charge in [-0.25, -0.2) is 9.71 Å². The number of anilines is 1. The molecule has 0 aliphatic rings. The second-order valence-corrected chi connectivity index (χ2v) is 5.35. The lowest BCUT2D eigenvalue weighted by molar-refractivity contribution is 0.430. The molecule has 7 nitrogen and oxygen atoms in total. The summed E-state index contributed by atoms with van der Waals surface area (Å²) in [5.74, 6) is 0.0178. The van der Waals surface area contributed by atoms with Crippen LogP contribution in [0.1, 0.15) is 5.69 Å². The number of imidazole rings is 1. The highest BCUT2D eigenvalue weighted by Crippen LogP contribution is 2.21. The quantitative estimate of drug-likeness (QED) is 0.909. The van der Waals surface area contributed by atoms with Gasteiger partial charge in [-0.05, 0) is 6.92 Å². The molecule has 2 heterocycles. The van der Waals surface area contributed by atoms with Crippen molar-refractivity contribution >= 4 is 27.5 Å². The zero-order valence-corrected chi connectivity index (χ0v) is 10.6. The fourth-order valence-corrected chi connectivity index (χ4v) is 2.57. The molecular formula is C8H9ClN4O3S. The predicted molar refractivity (Wildman–Crippen MR) is 60.3 cm³/mol. The van der Waals surface area contributed by atoms with Crippen molar-refractivity contribution in [3.05, 3.63) is 23.2 Å². The van der Waals surface area contributed by atoms with Crippen LogP contribution in [0.4, 0.5) is 5.88 Å². The summed E-state index contributed by atoms with van der Waals surface area (Å²) in [5, 5.41) is 3.33. The Morgan fingerprint density at radius 1 is 1.53 bits per heavy atom. The predicted octanol–water partition coefficient (Wildman–Crippen LogP) is 1.17. The number of rotatable bonds is 3. The molecule has 0 aliphatic heterocycles. The van der Waals surface area contributed by atoms with Gasteiger partial charge in [0.15, 0.2) is 0 Å². The fourth-order valence-electron chi connectivity index (χ4n) is 1.17. The molecule has 9 heteroatoms. The SMILES string of the molecule is Cc1cc(NS(=O)(=O)c2ncn(C)c2Cl)on1. The second-order valence-electron chi connectivity index (χ2n) is 3.39. The van der Waals surface area contributed by atoms with E-state index in [9.17, 15) is 8.42 Å². The normalized spacial score (nSPS) is 11.7. The van der Waals surface area contributed by atoms with Crippen molar-refractivity contribution in [2.75, 3.05) is 4.72 Å². The van der Waals surface area contributed by atoms with Crippen LogP contribution in [-0.4, -0.2) is 23.1 Å². The van der Waals surface area contributed by atoms with Crippen LogP contribution < -0.4 is 4.72 Å². The van der Waals surface area contributed by atoms with E-state index in [0.29, 0.717) is 5.69 Å². The number of hydrogen-bond donors (Lipinski definition) is 1. The molecule has 0 spiro atoms. The third-order valence-electron chi connectivity index (χ3n) is 1.95. The van der Waals surface area contributed by atoms with E-state index in [2.05, 4.69) is 14.9 Å². The first-order valence-corrected chi connectivity index (χ1v) is 6.39. The van der Waals surface area contributed by atoms with E-state index in [0.717, 1.165) is 0 Å². The molecule has 92 valence electrons. The van der Waals surface area contributed by atoms with Crippen LogP contribution in [0.25, 0.3) is 0 Å². The molecule has 0 aliphatic carbocycles. The molecule has 0 fully saturated rings. The number of hydrogen-bond acceptors (Lipinski definition) is 5. The molecule has 0 saturated carbocycles.